The minimum Gasteiger partial charge on any atom is -0.461 e. The molecule has 0 aromatic carbocycles. The fourth-order valence-electron chi connectivity index (χ4n) is 1.45. The zero-order chi connectivity index (χ0) is 13.5. The number of rotatable bonds is 5. The van der Waals surface area contributed by atoms with Crippen molar-refractivity contribution >= 4 is 12.3 Å². The van der Waals surface area contributed by atoms with Gasteiger partial charge in [-0.05, 0) is 26.0 Å². The first-order valence-corrected chi connectivity index (χ1v) is 5.38. The van der Waals surface area contributed by atoms with Crippen LogP contribution in [-0.2, 0) is 20.9 Å². The molecule has 6 nitrogen and oxygen atoms in total. The van der Waals surface area contributed by atoms with Gasteiger partial charge in [-0.3, -0.25) is 9.36 Å². The molecule has 18 heavy (non-hydrogen) atoms. The molecule has 96 valence electrons. The molecular weight excluding hydrogens is 236 g/mol. The van der Waals surface area contributed by atoms with Gasteiger partial charge in [0, 0.05) is 17.5 Å². The summed E-state index contributed by atoms with van der Waals surface area (Å²) in [7, 11) is 0. The van der Waals surface area contributed by atoms with E-state index in [0.29, 0.717) is 12.0 Å². The Morgan fingerprint density at radius 2 is 2.22 bits per heavy atom. The van der Waals surface area contributed by atoms with Crippen LogP contribution in [0.3, 0.4) is 0 Å². The predicted molar refractivity (Wildman–Crippen MR) is 64.1 cm³/mol. The van der Waals surface area contributed by atoms with Crippen molar-refractivity contribution in [3.63, 3.8) is 0 Å². The molecule has 0 amide bonds. The smallest absolute Gasteiger partial charge is 0.348 e. The standard InChI is InChI=1S/C12H14N2O4/c1-9-8-10(2)14(12(17)13-9)5-7-18-11(16)4-3-6-15/h3-4,6,8H,5,7H2,1-2H3/b4-3+. The Morgan fingerprint density at radius 3 is 2.83 bits per heavy atom. The second-order valence-electron chi connectivity index (χ2n) is 3.64. The second kappa shape index (κ2) is 6.48. The topological polar surface area (TPSA) is 78.3 Å². The summed E-state index contributed by atoms with van der Waals surface area (Å²) < 4.78 is 6.24. The Balaban J connectivity index is 2.60. The number of hydrogen-bond acceptors (Lipinski definition) is 5. The third kappa shape index (κ3) is 3.97. The van der Waals surface area contributed by atoms with Crippen molar-refractivity contribution in [3.05, 3.63) is 40.1 Å². The fourth-order valence-corrected chi connectivity index (χ4v) is 1.45. The summed E-state index contributed by atoms with van der Waals surface area (Å²) in [6, 6.07) is 1.77. The summed E-state index contributed by atoms with van der Waals surface area (Å²) >= 11 is 0. The normalized spacial score (nSPS) is 10.6. The van der Waals surface area contributed by atoms with Crippen LogP contribution in [0.1, 0.15) is 11.4 Å². The highest BCUT2D eigenvalue weighted by Crippen LogP contribution is 1.96. The lowest BCUT2D eigenvalue weighted by Gasteiger charge is -2.09. The van der Waals surface area contributed by atoms with Crippen LogP contribution >= 0.6 is 0 Å². The number of allylic oxidation sites excluding steroid dienone is 1. The number of ether oxygens (including phenoxy) is 1. The number of aryl methyl sites for hydroxylation is 2. The molecule has 1 rings (SSSR count). The average molecular weight is 250 g/mol. The molecule has 0 saturated carbocycles. The van der Waals surface area contributed by atoms with Gasteiger partial charge in [0.05, 0.1) is 6.54 Å². The maximum atomic E-state index is 11.6. The van der Waals surface area contributed by atoms with Gasteiger partial charge in [-0.25, -0.2) is 9.59 Å². The maximum Gasteiger partial charge on any atom is 0.348 e. The van der Waals surface area contributed by atoms with E-state index in [1.165, 1.54) is 4.57 Å². The number of nitrogens with zero attached hydrogens (tertiary/aromatic N) is 2. The lowest BCUT2D eigenvalue weighted by atomic mass is 10.3. The van der Waals surface area contributed by atoms with Crippen molar-refractivity contribution in [1.82, 2.24) is 9.55 Å². The summed E-state index contributed by atoms with van der Waals surface area (Å²) in [5.74, 6) is -0.618. The van der Waals surface area contributed by atoms with Gasteiger partial charge >= 0.3 is 11.7 Å². The van der Waals surface area contributed by atoms with Crippen LogP contribution in [0.4, 0.5) is 0 Å². The molecule has 0 aliphatic carbocycles. The minimum absolute atomic E-state index is 0.0491. The molecule has 0 aliphatic rings. The molecule has 0 spiro atoms. The van der Waals surface area contributed by atoms with Crippen molar-refractivity contribution in [2.24, 2.45) is 0 Å². The highest BCUT2D eigenvalue weighted by molar-refractivity contribution is 5.86. The molecule has 0 unspecified atom stereocenters. The third-order valence-corrected chi connectivity index (χ3v) is 2.22. The first-order valence-electron chi connectivity index (χ1n) is 5.38. The molecule has 1 aromatic rings. The number of aromatic nitrogens is 2. The molecule has 0 saturated heterocycles. The monoisotopic (exact) mass is 250 g/mol. The summed E-state index contributed by atoms with van der Waals surface area (Å²) in [4.78, 5) is 36.4. The van der Waals surface area contributed by atoms with Crippen LogP contribution in [0.5, 0.6) is 0 Å². The zero-order valence-corrected chi connectivity index (χ0v) is 10.3. The molecule has 0 aliphatic heterocycles. The van der Waals surface area contributed by atoms with Crippen molar-refractivity contribution in [1.29, 1.82) is 0 Å². The van der Waals surface area contributed by atoms with Crippen LogP contribution in [0.15, 0.2) is 23.0 Å². The van der Waals surface area contributed by atoms with Gasteiger partial charge in [-0.2, -0.15) is 4.98 Å². The molecule has 0 radical (unpaired) electrons. The summed E-state index contributed by atoms with van der Waals surface area (Å²) in [6.07, 6.45) is 2.56. The molecule has 1 heterocycles. The van der Waals surface area contributed by atoms with Gasteiger partial charge in [0.25, 0.3) is 0 Å². The van der Waals surface area contributed by atoms with E-state index in [1.807, 2.05) is 0 Å². The lowest BCUT2D eigenvalue weighted by Crippen LogP contribution is -2.27. The maximum absolute atomic E-state index is 11.6. The van der Waals surface area contributed by atoms with E-state index in [2.05, 4.69) is 4.98 Å². The average Bonchev–Trinajstić information content (AvgIpc) is 2.29. The molecule has 0 N–H and O–H groups in total. The first-order chi connectivity index (χ1) is 8.54. The van der Waals surface area contributed by atoms with E-state index >= 15 is 0 Å². The number of hydrogen-bond donors (Lipinski definition) is 0. The second-order valence-corrected chi connectivity index (χ2v) is 3.64. The third-order valence-electron chi connectivity index (χ3n) is 2.22. The quantitative estimate of drug-likeness (QED) is 0.422. The Hall–Kier alpha value is -2.24. The van der Waals surface area contributed by atoms with E-state index < -0.39 is 5.97 Å². The highest BCUT2D eigenvalue weighted by Gasteiger charge is 2.03. The van der Waals surface area contributed by atoms with Crippen molar-refractivity contribution in [2.45, 2.75) is 20.4 Å². The van der Waals surface area contributed by atoms with E-state index in [1.54, 1.807) is 19.9 Å². The molecule has 0 atom stereocenters. The van der Waals surface area contributed by atoms with Crippen LogP contribution in [0, 0.1) is 13.8 Å². The Labute approximate surface area is 104 Å². The van der Waals surface area contributed by atoms with Crippen LogP contribution in [0.2, 0.25) is 0 Å². The van der Waals surface area contributed by atoms with Crippen molar-refractivity contribution in [2.75, 3.05) is 6.61 Å². The minimum atomic E-state index is -0.618. The SMILES string of the molecule is Cc1cc(C)n(CCOC(=O)/C=C/C=O)c(=O)n1. The van der Waals surface area contributed by atoms with Crippen LogP contribution < -0.4 is 5.69 Å². The number of carbonyl (C=O) groups is 2. The van der Waals surface area contributed by atoms with Gasteiger partial charge < -0.3 is 4.74 Å². The molecule has 0 fully saturated rings. The molecule has 6 heteroatoms. The Morgan fingerprint density at radius 1 is 1.50 bits per heavy atom. The largest absolute Gasteiger partial charge is 0.461 e. The van der Waals surface area contributed by atoms with E-state index in [-0.39, 0.29) is 18.8 Å². The van der Waals surface area contributed by atoms with Gasteiger partial charge in [-0.15, -0.1) is 0 Å². The summed E-state index contributed by atoms with van der Waals surface area (Å²) in [5, 5.41) is 0. The van der Waals surface area contributed by atoms with E-state index in [4.69, 9.17) is 4.74 Å². The van der Waals surface area contributed by atoms with Gasteiger partial charge in [0.15, 0.2) is 0 Å². The zero-order valence-electron chi connectivity index (χ0n) is 10.3. The predicted octanol–water partition coefficient (Wildman–Crippen LogP) is 0.158. The summed E-state index contributed by atoms with van der Waals surface area (Å²) in [5.41, 5.74) is 1.04. The van der Waals surface area contributed by atoms with E-state index in [0.717, 1.165) is 17.8 Å². The van der Waals surface area contributed by atoms with Crippen molar-refractivity contribution in [3.8, 4) is 0 Å². The van der Waals surface area contributed by atoms with Crippen molar-refractivity contribution < 1.29 is 14.3 Å². The molecular formula is C12H14N2O4. The fraction of sp³-hybridized carbons (Fsp3) is 0.333. The number of carbonyl (C=O) groups excluding carboxylic acids is 2. The van der Waals surface area contributed by atoms with Crippen LogP contribution in [0.25, 0.3) is 0 Å². The first kappa shape index (κ1) is 13.8. The van der Waals surface area contributed by atoms with E-state index in [9.17, 15) is 14.4 Å². The van der Waals surface area contributed by atoms with Gasteiger partial charge in [0.2, 0.25) is 0 Å². The summed E-state index contributed by atoms with van der Waals surface area (Å²) in [6.45, 7) is 3.80. The van der Waals surface area contributed by atoms with Gasteiger partial charge in [-0.1, -0.05) is 0 Å². The van der Waals surface area contributed by atoms with Gasteiger partial charge in [0.1, 0.15) is 12.9 Å². The molecule has 1 aromatic heterocycles. The Bertz CT molecular complexity index is 531. The van der Waals surface area contributed by atoms with Crippen LogP contribution in [-0.4, -0.2) is 28.4 Å². The Kier molecular flexibility index (Phi) is 4.98. The number of esters is 1. The number of aldehydes is 1. The molecule has 0 bridgehead atoms. The lowest BCUT2D eigenvalue weighted by molar-refractivity contribution is -0.138. The highest BCUT2D eigenvalue weighted by atomic mass is 16.5.